The van der Waals surface area contributed by atoms with Crippen LogP contribution in [-0.4, -0.2) is 17.3 Å². The average Bonchev–Trinajstić information content (AvgIpc) is 2.11. The second-order valence-electron chi connectivity index (χ2n) is 3.04. The van der Waals surface area contributed by atoms with Crippen LogP contribution >= 0.6 is 15.9 Å². The molecular formula is C10H15BrFNO. The van der Waals surface area contributed by atoms with E-state index >= 15 is 0 Å². The molecule has 80 valence electrons. The van der Waals surface area contributed by atoms with E-state index in [9.17, 15) is 4.39 Å². The normalized spacial score (nSPS) is 13.9. The number of hydrogen-bond acceptors (Lipinski definition) is 2. The standard InChI is InChI=1S/C6H4BrF.C4H11NO/c7-5-1-3-6(8)4-2-5;1-3(5)4(2)6/h1-4H;3-4,6H,5H2,1-2H3/t;3?,4-/m.1/s1. The number of halogens is 2. The van der Waals surface area contributed by atoms with E-state index < -0.39 is 0 Å². The molecule has 1 aromatic rings. The topological polar surface area (TPSA) is 46.2 Å². The lowest BCUT2D eigenvalue weighted by Gasteiger charge is -2.04. The molecule has 0 aromatic heterocycles. The minimum atomic E-state index is -0.370. The van der Waals surface area contributed by atoms with Gasteiger partial charge in [-0.05, 0) is 38.1 Å². The van der Waals surface area contributed by atoms with Crippen LogP contribution < -0.4 is 5.73 Å². The van der Waals surface area contributed by atoms with Gasteiger partial charge in [0.15, 0.2) is 0 Å². The summed E-state index contributed by atoms with van der Waals surface area (Å²) < 4.78 is 13.0. The molecule has 2 atom stereocenters. The van der Waals surface area contributed by atoms with Crippen molar-refractivity contribution in [1.82, 2.24) is 0 Å². The third kappa shape index (κ3) is 7.00. The summed E-state index contributed by atoms with van der Waals surface area (Å²) in [6.45, 7) is 3.44. The molecule has 0 aliphatic rings. The van der Waals surface area contributed by atoms with Crippen molar-refractivity contribution in [3.63, 3.8) is 0 Å². The Hall–Kier alpha value is -0.450. The Balaban J connectivity index is 0.000000255. The van der Waals surface area contributed by atoms with Crippen molar-refractivity contribution in [2.75, 3.05) is 0 Å². The van der Waals surface area contributed by atoms with Gasteiger partial charge in [-0.25, -0.2) is 4.39 Å². The fraction of sp³-hybridized carbons (Fsp3) is 0.400. The van der Waals surface area contributed by atoms with Gasteiger partial charge in [-0.15, -0.1) is 0 Å². The molecule has 0 amide bonds. The van der Waals surface area contributed by atoms with E-state index in [1.807, 2.05) is 0 Å². The van der Waals surface area contributed by atoms with Crippen molar-refractivity contribution >= 4 is 15.9 Å². The van der Waals surface area contributed by atoms with Gasteiger partial charge in [0.25, 0.3) is 0 Å². The molecule has 1 unspecified atom stereocenters. The fourth-order valence-corrected chi connectivity index (χ4v) is 0.694. The Bertz CT molecular complexity index is 222. The second kappa shape index (κ2) is 6.92. The molecule has 0 heterocycles. The zero-order valence-electron chi connectivity index (χ0n) is 8.24. The highest BCUT2D eigenvalue weighted by atomic mass is 79.9. The number of rotatable bonds is 1. The molecule has 0 aliphatic carbocycles. The van der Waals surface area contributed by atoms with E-state index in [2.05, 4.69) is 15.9 Å². The van der Waals surface area contributed by atoms with E-state index in [0.717, 1.165) is 4.47 Å². The van der Waals surface area contributed by atoms with Gasteiger partial charge >= 0.3 is 0 Å². The Kier molecular flexibility index (Phi) is 6.70. The Morgan fingerprint density at radius 3 is 1.86 bits per heavy atom. The van der Waals surface area contributed by atoms with E-state index in [1.54, 1.807) is 26.0 Å². The van der Waals surface area contributed by atoms with Crippen LogP contribution in [0.25, 0.3) is 0 Å². The molecule has 0 bridgehead atoms. The smallest absolute Gasteiger partial charge is 0.123 e. The number of nitrogens with two attached hydrogens (primary N) is 1. The van der Waals surface area contributed by atoms with Gasteiger partial charge in [0.05, 0.1) is 6.10 Å². The molecule has 1 rings (SSSR count). The first-order valence-electron chi connectivity index (χ1n) is 4.28. The molecule has 0 saturated heterocycles. The lowest BCUT2D eigenvalue weighted by molar-refractivity contribution is 0.170. The fourth-order valence-electron chi connectivity index (χ4n) is 0.430. The number of hydrogen-bond donors (Lipinski definition) is 2. The Morgan fingerprint density at radius 1 is 1.29 bits per heavy atom. The van der Waals surface area contributed by atoms with Crippen molar-refractivity contribution < 1.29 is 9.50 Å². The average molecular weight is 264 g/mol. The van der Waals surface area contributed by atoms with Crippen LogP contribution in [-0.2, 0) is 0 Å². The largest absolute Gasteiger partial charge is 0.392 e. The SMILES string of the molecule is CC(N)[C@@H](C)O.Fc1ccc(Br)cc1. The van der Waals surface area contributed by atoms with Gasteiger partial charge in [-0.3, -0.25) is 0 Å². The lowest BCUT2D eigenvalue weighted by atomic mass is 10.2. The van der Waals surface area contributed by atoms with Crippen molar-refractivity contribution in [2.45, 2.75) is 26.0 Å². The summed E-state index contributed by atoms with van der Waals surface area (Å²) in [6, 6.07) is 6.05. The van der Waals surface area contributed by atoms with Gasteiger partial charge in [0.1, 0.15) is 5.82 Å². The maximum absolute atomic E-state index is 12.1. The molecule has 1 aromatic carbocycles. The summed E-state index contributed by atoms with van der Waals surface area (Å²) in [5.74, 6) is -0.201. The zero-order valence-corrected chi connectivity index (χ0v) is 9.83. The van der Waals surface area contributed by atoms with Crippen LogP contribution in [0.3, 0.4) is 0 Å². The van der Waals surface area contributed by atoms with E-state index in [1.165, 1.54) is 12.1 Å². The van der Waals surface area contributed by atoms with Crippen LogP contribution in [0.1, 0.15) is 13.8 Å². The molecular weight excluding hydrogens is 249 g/mol. The third-order valence-electron chi connectivity index (χ3n) is 1.56. The third-order valence-corrected chi connectivity index (χ3v) is 2.09. The summed E-state index contributed by atoms with van der Waals surface area (Å²) in [5, 5.41) is 8.50. The molecule has 0 fully saturated rings. The number of benzene rings is 1. The van der Waals surface area contributed by atoms with E-state index in [4.69, 9.17) is 10.8 Å². The highest BCUT2D eigenvalue weighted by Gasteiger charge is 1.97. The van der Waals surface area contributed by atoms with Crippen molar-refractivity contribution in [1.29, 1.82) is 0 Å². The molecule has 2 nitrogen and oxygen atoms in total. The molecule has 4 heteroatoms. The van der Waals surface area contributed by atoms with E-state index in [0.29, 0.717) is 0 Å². The quantitative estimate of drug-likeness (QED) is 0.817. The molecule has 0 aliphatic heterocycles. The summed E-state index contributed by atoms with van der Waals surface area (Å²) in [5.41, 5.74) is 5.19. The zero-order chi connectivity index (χ0) is 11.1. The summed E-state index contributed by atoms with van der Waals surface area (Å²) >= 11 is 3.18. The summed E-state index contributed by atoms with van der Waals surface area (Å²) in [6.07, 6.45) is -0.370. The predicted octanol–water partition coefficient (Wildman–Crippen LogP) is 2.30. The molecule has 0 radical (unpaired) electrons. The molecule has 0 saturated carbocycles. The lowest BCUT2D eigenvalue weighted by Crippen LogP contribution is -2.28. The maximum Gasteiger partial charge on any atom is 0.123 e. The van der Waals surface area contributed by atoms with Gasteiger partial charge in [-0.1, -0.05) is 15.9 Å². The van der Waals surface area contributed by atoms with Crippen molar-refractivity contribution in [2.24, 2.45) is 5.73 Å². The van der Waals surface area contributed by atoms with Gasteiger partial charge < -0.3 is 10.8 Å². The summed E-state index contributed by atoms with van der Waals surface area (Å²) in [7, 11) is 0. The maximum atomic E-state index is 12.1. The minimum absolute atomic E-state index is 0.0926. The van der Waals surface area contributed by atoms with Crippen LogP contribution in [0.4, 0.5) is 4.39 Å². The molecule has 14 heavy (non-hydrogen) atoms. The first-order valence-corrected chi connectivity index (χ1v) is 5.07. The highest BCUT2D eigenvalue weighted by Crippen LogP contribution is 2.08. The Morgan fingerprint density at radius 2 is 1.64 bits per heavy atom. The van der Waals surface area contributed by atoms with Gasteiger partial charge in [0, 0.05) is 10.5 Å². The first-order chi connectivity index (χ1) is 6.43. The molecule has 3 N–H and O–H groups in total. The monoisotopic (exact) mass is 263 g/mol. The van der Waals surface area contributed by atoms with Crippen molar-refractivity contribution in [3.8, 4) is 0 Å². The van der Waals surface area contributed by atoms with Crippen molar-refractivity contribution in [3.05, 3.63) is 34.6 Å². The van der Waals surface area contributed by atoms with E-state index in [-0.39, 0.29) is 18.0 Å². The second-order valence-corrected chi connectivity index (χ2v) is 3.95. The summed E-state index contributed by atoms with van der Waals surface area (Å²) in [4.78, 5) is 0. The number of aliphatic hydroxyl groups is 1. The van der Waals surface area contributed by atoms with Crippen LogP contribution in [0, 0.1) is 5.82 Å². The van der Waals surface area contributed by atoms with Gasteiger partial charge in [0.2, 0.25) is 0 Å². The highest BCUT2D eigenvalue weighted by molar-refractivity contribution is 9.10. The minimum Gasteiger partial charge on any atom is -0.392 e. The van der Waals surface area contributed by atoms with Crippen LogP contribution in [0.2, 0.25) is 0 Å². The Labute approximate surface area is 92.1 Å². The van der Waals surface area contributed by atoms with Gasteiger partial charge in [-0.2, -0.15) is 0 Å². The first kappa shape index (κ1) is 13.5. The molecule has 0 spiro atoms. The van der Waals surface area contributed by atoms with Crippen LogP contribution in [0.5, 0.6) is 0 Å². The number of aliphatic hydroxyl groups excluding tert-OH is 1. The predicted molar refractivity (Wildman–Crippen MR) is 59.4 cm³/mol. The van der Waals surface area contributed by atoms with Crippen LogP contribution in [0.15, 0.2) is 28.7 Å².